The second-order valence-electron chi connectivity index (χ2n) is 2.29. The predicted octanol–water partition coefficient (Wildman–Crippen LogP) is 3.27. The maximum Gasteiger partial charge on any atom is 0.419 e. The Morgan fingerprint density at radius 2 is 1.62 bits per heavy atom. The van der Waals surface area contributed by atoms with Crippen molar-refractivity contribution in [1.82, 2.24) is 0 Å². The Bertz CT molecular complexity index is 330. The van der Waals surface area contributed by atoms with Crippen LogP contribution in [0.3, 0.4) is 0 Å². The van der Waals surface area contributed by atoms with Crippen molar-refractivity contribution in [2.45, 2.75) is 11.1 Å². The minimum Gasteiger partial charge on any atom is -0.204 e. The van der Waals surface area contributed by atoms with Gasteiger partial charge < -0.3 is 0 Å². The van der Waals surface area contributed by atoms with Crippen molar-refractivity contribution in [3.63, 3.8) is 0 Å². The number of rotatable bonds is 0. The summed E-state index contributed by atoms with van der Waals surface area (Å²) < 4.78 is 60.9. The molecule has 0 radical (unpaired) electrons. The molecule has 0 aliphatic heterocycles. The molecule has 0 N–H and O–H groups in total. The normalized spacial score (nSPS) is 11.8. The maximum absolute atomic E-state index is 12.5. The number of hydrogen-bond acceptors (Lipinski definition) is 1. The molecule has 0 saturated carbocycles. The molecule has 0 atom stereocenters. The molecular weight excluding hydrogens is 211 g/mol. The van der Waals surface area contributed by atoms with E-state index in [9.17, 15) is 22.0 Å². The topological polar surface area (TPSA) is 0 Å². The van der Waals surface area contributed by atoms with Crippen LogP contribution < -0.4 is 0 Å². The van der Waals surface area contributed by atoms with Crippen molar-refractivity contribution >= 4 is 12.6 Å². The first-order chi connectivity index (χ1) is 5.82. The van der Waals surface area contributed by atoms with Crippen molar-refractivity contribution in [2.75, 3.05) is 0 Å². The predicted molar refractivity (Wildman–Crippen MR) is 38.6 cm³/mol. The van der Waals surface area contributed by atoms with E-state index in [2.05, 4.69) is 12.6 Å². The van der Waals surface area contributed by atoms with Crippen LogP contribution in [0.5, 0.6) is 0 Å². The largest absolute Gasteiger partial charge is 0.419 e. The molecule has 0 bridgehead atoms. The maximum atomic E-state index is 12.5. The van der Waals surface area contributed by atoms with Crippen LogP contribution in [0.25, 0.3) is 0 Å². The third-order valence-electron chi connectivity index (χ3n) is 1.32. The highest BCUT2D eigenvalue weighted by Gasteiger charge is 2.35. The molecule has 0 spiro atoms. The third kappa shape index (κ3) is 2.12. The summed E-state index contributed by atoms with van der Waals surface area (Å²) in [4.78, 5) is -0.272. The van der Waals surface area contributed by atoms with Crippen LogP contribution in [0.15, 0.2) is 17.0 Å². The molecule has 0 fully saturated rings. The Labute approximate surface area is 75.8 Å². The second kappa shape index (κ2) is 3.17. The van der Waals surface area contributed by atoms with Crippen LogP contribution in [0.2, 0.25) is 0 Å². The first-order valence-electron chi connectivity index (χ1n) is 3.07. The summed E-state index contributed by atoms with van der Waals surface area (Å²) in [5, 5.41) is 0. The van der Waals surface area contributed by atoms with Crippen LogP contribution in [-0.2, 0) is 6.18 Å². The van der Waals surface area contributed by atoms with Crippen molar-refractivity contribution in [3.05, 3.63) is 29.3 Å². The van der Waals surface area contributed by atoms with Crippen LogP contribution in [0.1, 0.15) is 5.56 Å². The van der Waals surface area contributed by atoms with Crippen molar-refractivity contribution in [2.24, 2.45) is 0 Å². The van der Waals surface area contributed by atoms with Gasteiger partial charge in [0.25, 0.3) is 0 Å². The highest BCUT2D eigenvalue weighted by atomic mass is 32.1. The third-order valence-corrected chi connectivity index (χ3v) is 1.58. The summed E-state index contributed by atoms with van der Waals surface area (Å²) in [5.41, 5.74) is -1.64. The second-order valence-corrected chi connectivity index (χ2v) is 2.80. The fraction of sp³-hybridized carbons (Fsp3) is 0.143. The lowest BCUT2D eigenvalue weighted by Gasteiger charge is -2.08. The van der Waals surface area contributed by atoms with E-state index in [4.69, 9.17) is 0 Å². The summed E-state index contributed by atoms with van der Waals surface area (Å²) in [5.74, 6) is -3.45. The molecule has 6 heteroatoms. The quantitative estimate of drug-likeness (QED) is 0.497. The zero-order chi connectivity index (χ0) is 10.2. The summed E-state index contributed by atoms with van der Waals surface area (Å²) in [6.07, 6.45) is -4.90. The monoisotopic (exact) mass is 214 g/mol. The van der Waals surface area contributed by atoms with E-state index in [1.54, 1.807) is 0 Å². The van der Waals surface area contributed by atoms with Gasteiger partial charge in [-0.1, -0.05) is 0 Å². The average molecular weight is 214 g/mol. The zero-order valence-electron chi connectivity index (χ0n) is 5.99. The standard InChI is InChI=1S/C7H3F5S/c8-5-2-3(13)1-4(6(5)9)7(10,11)12/h1-2,13H. The number of thiol groups is 1. The Balaban J connectivity index is 3.37. The van der Waals surface area contributed by atoms with Gasteiger partial charge in [-0.2, -0.15) is 13.2 Å². The zero-order valence-corrected chi connectivity index (χ0v) is 6.89. The molecule has 1 rings (SSSR count). The molecular formula is C7H3F5S. The van der Waals surface area contributed by atoms with Crippen molar-refractivity contribution in [1.29, 1.82) is 0 Å². The van der Waals surface area contributed by atoms with E-state index in [1.165, 1.54) is 0 Å². The molecule has 0 aromatic heterocycles. The lowest BCUT2D eigenvalue weighted by atomic mass is 10.2. The summed E-state index contributed by atoms with van der Waals surface area (Å²) in [6.45, 7) is 0. The molecule has 0 aliphatic carbocycles. The van der Waals surface area contributed by atoms with Gasteiger partial charge in [-0.05, 0) is 12.1 Å². The van der Waals surface area contributed by atoms with Crippen molar-refractivity contribution in [3.8, 4) is 0 Å². The van der Waals surface area contributed by atoms with Gasteiger partial charge in [0, 0.05) is 4.90 Å². The molecule has 13 heavy (non-hydrogen) atoms. The van der Waals surface area contributed by atoms with Gasteiger partial charge in [0.1, 0.15) is 0 Å². The lowest BCUT2D eigenvalue weighted by molar-refractivity contribution is -0.140. The fourth-order valence-electron chi connectivity index (χ4n) is 0.781. The Morgan fingerprint density at radius 1 is 1.08 bits per heavy atom. The van der Waals surface area contributed by atoms with Gasteiger partial charge in [0.2, 0.25) is 0 Å². The minimum absolute atomic E-state index is 0.272. The first-order valence-corrected chi connectivity index (χ1v) is 3.52. The minimum atomic E-state index is -4.90. The summed E-state index contributed by atoms with van der Waals surface area (Å²) in [6, 6.07) is 1.01. The first kappa shape index (κ1) is 10.3. The number of halogens is 5. The Hall–Kier alpha value is -0.780. The summed E-state index contributed by atoms with van der Waals surface area (Å²) >= 11 is 3.50. The molecule has 0 unspecified atom stereocenters. The highest BCUT2D eigenvalue weighted by Crippen LogP contribution is 2.33. The number of hydrogen-bond donors (Lipinski definition) is 1. The molecule has 0 nitrogen and oxygen atoms in total. The molecule has 1 aromatic rings. The average Bonchev–Trinajstić information content (AvgIpc) is 1.94. The van der Waals surface area contributed by atoms with Gasteiger partial charge in [-0.15, -0.1) is 12.6 Å². The SMILES string of the molecule is Fc1cc(S)cc(C(F)(F)F)c1F. The van der Waals surface area contributed by atoms with E-state index >= 15 is 0 Å². The van der Waals surface area contributed by atoms with Crippen molar-refractivity contribution < 1.29 is 22.0 Å². The van der Waals surface area contributed by atoms with E-state index in [1.807, 2.05) is 0 Å². The van der Waals surface area contributed by atoms with Gasteiger partial charge in [0.05, 0.1) is 5.56 Å². The van der Waals surface area contributed by atoms with Gasteiger partial charge in [-0.3, -0.25) is 0 Å². The van der Waals surface area contributed by atoms with Crippen LogP contribution in [0, 0.1) is 11.6 Å². The highest BCUT2D eigenvalue weighted by molar-refractivity contribution is 7.80. The van der Waals surface area contributed by atoms with E-state index in [-0.39, 0.29) is 4.90 Å². The summed E-state index contributed by atoms with van der Waals surface area (Å²) in [7, 11) is 0. The Kier molecular flexibility index (Phi) is 2.51. The van der Waals surface area contributed by atoms with Gasteiger partial charge in [-0.25, -0.2) is 8.78 Å². The van der Waals surface area contributed by atoms with E-state index < -0.39 is 23.4 Å². The smallest absolute Gasteiger partial charge is 0.204 e. The van der Waals surface area contributed by atoms with Gasteiger partial charge in [0.15, 0.2) is 11.6 Å². The molecule has 72 valence electrons. The molecule has 0 amide bonds. The molecule has 0 aliphatic rings. The Morgan fingerprint density at radius 3 is 2.08 bits per heavy atom. The fourth-order valence-corrected chi connectivity index (χ4v) is 1.02. The van der Waals surface area contributed by atoms with Crippen LogP contribution in [-0.4, -0.2) is 0 Å². The van der Waals surface area contributed by atoms with Gasteiger partial charge >= 0.3 is 6.18 Å². The van der Waals surface area contributed by atoms with Crippen LogP contribution >= 0.6 is 12.6 Å². The molecule has 1 aromatic carbocycles. The lowest BCUT2D eigenvalue weighted by Crippen LogP contribution is -2.09. The molecule has 0 heterocycles. The number of benzene rings is 1. The number of alkyl halides is 3. The van der Waals surface area contributed by atoms with Crippen LogP contribution in [0.4, 0.5) is 22.0 Å². The van der Waals surface area contributed by atoms with E-state index in [0.29, 0.717) is 12.1 Å². The van der Waals surface area contributed by atoms with E-state index in [0.717, 1.165) is 0 Å². The molecule has 0 saturated heterocycles.